The lowest BCUT2D eigenvalue weighted by atomic mass is 10.2. The van der Waals surface area contributed by atoms with Gasteiger partial charge in [0, 0.05) is 28.3 Å². The van der Waals surface area contributed by atoms with E-state index < -0.39 is 16.4 Å². The third-order valence-corrected chi connectivity index (χ3v) is 3.24. The summed E-state index contributed by atoms with van der Waals surface area (Å²) in [6, 6.07) is 8.60. The van der Waals surface area contributed by atoms with Crippen molar-refractivity contribution in [3.05, 3.63) is 67.9 Å². The highest BCUT2D eigenvalue weighted by Gasteiger charge is 2.14. The van der Waals surface area contributed by atoms with Crippen LogP contribution in [0.5, 0.6) is 0 Å². The molecule has 0 amide bonds. The number of rotatable bonds is 4. The smallest absolute Gasteiger partial charge is 0.306 e. The molecule has 0 aliphatic rings. The SMILES string of the molecule is O=[N+]([O-])c1cc(NCc2cc(Cl)ccc2Cl)ccc1F. The number of nitrogens with one attached hydrogen (secondary N) is 1. The summed E-state index contributed by atoms with van der Waals surface area (Å²) < 4.78 is 13.2. The molecule has 0 bridgehead atoms. The zero-order valence-corrected chi connectivity index (χ0v) is 11.6. The Hall–Kier alpha value is -1.85. The van der Waals surface area contributed by atoms with Gasteiger partial charge in [-0.3, -0.25) is 10.1 Å². The number of nitro groups is 1. The Morgan fingerprint density at radius 1 is 1.20 bits per heavy atom. The first-order valence-electron chi connectivity index (χ1n) is 5.59. The maximum Gasteiger partial charge on any atom is 0.306 e. The molecule has 0 aliphatic carbocycles. The molecule has 2 aromatic rings. The Kier molecular flexibility index (Phi) is 4.42. The molecule has 0 aromatic heterocycles. The average molecular weight is 315 g/mol. The van der Waals surface area contributed by atoms with Crippen molar-refractivity contribution >= 4 is 34.6 Å². The van der Waals surface area contributed by atoms with Crippen LogP contribution in [0.4, 0.5) is 15.8 Å². The number of nitro benzene ring substituents is 1. The Bertz CT molecular complexity index is 665. The number of benzene rings is 2. The molecule has 2 aromatic carbocycles. The van der Waals surface area contributed by atoms with Crippen LogP contribution in [0.15, 0.2) is 36.4 Å². The first-order chi connectivity index (χ1) is 9.47. The summed E-state index contributed by atoms with van der Waals surface area (Å²) in [7, 11) is 0. The largest absolute Gasteiger partial charge is 0.381 e. The summed E-state index contributed by atoms with van der Waals surface area (Å²) in [5.41, 5.74) is 0.590. The minimum Gasteiger partial charge on any atom is -0.381 e. The Labute approximate surface area is 124 Å². The van der Waals surface area contributed by atoms with Gasteiger partial charge in [0.05, 0.1) is 4.92 Å². The van der Waals surface area contributed by atoms with Crippen LogP contribution in [-0.2, 0) is 6.54 Å². The second-order valence-electron chi connectivity index (χ2n) is 4.01. The van der Waals surface area contributed by atoms with Gasteiger partial charge in [0.2, 0.25) is 5.82 Å². The number of halogens is 3. The molecule has 0 unspecified atom stereocenters. The topological polar surface area (TPSA) is 55.2 Å². The predicted octanol–water partition coefficient (Wildman–Crippen LogP) is 4.65. The maximum absolute atomic E-state index is 13.2. The molecular weight excluding hydrogens is 306 g/mol. The number of hydrogen-bond acceptors (Lipinski definition) is 3. The summed E-state index contributed by atoms with van der Waals surface area (Å²) in [5.74, 6) is -0.874. The third kappa shape index (κ3) is 3.37. The average Bonchev–Trinajstić information content (AvgIpc) is 2.41. The number of nitrogens with zero attached hydrogens (tertiary/aromatic N) is 1. The lowest BCUT2D eigenvalue weighted by Crippen LogP contribution is -2.01. The molecule has 0 spiro atoms. The Balaban J connectivity index is 2.17. The van der Waals surface area contributed by atoms with Gasteiger partial charge in [0.15, 0.2) is 0 Å². The van der Waals surface area contributed by atoms with Crippen LogP contribution in [0.25, 0.3) is 0 Å². The summed E-state index contributed by atoms with van der Waals surface area (Å²) in [6.45, 7) is 0.322. The fourth-order valence-corrected chi connectivity index (χ4v) is 2.02. The van der Waals surface area contributed by atoms with E-state index in [0.717, 1.165) is 17.7 Å². The first kappa shape index (κ1) is 14.6. The minimum absolute atomic E-state index is 0.322. The van der Waals surface area contributed by atoms with E-state index in [4.69, 9.17) is 23.2 Å². The molecular formula is C13H9Cl2FN2O2. The predicted molar refractivity (Wildman–Crippen MR) is 76.8 cm³/mol. The number of hydrogen-bond donors (Lipinski definition) is 1. The van der Waals surface area contributed by atoms with Crippen molar-refractivity contribution in [2.45, 2.75) is 6.54 Å². The number of anilines is 1. The molecule has 0 atom stereocenters. The van der Waals surface area contributed by atoms with Gasteiger partial charge in [-0.15, -0.1) is 0 Å². The van der Waals surface area contributed by atoms with Crippen LogP contribution in [0.3, 0.4) is 0 Å². The van der Waals surface area contributed by atoms with Crippen LogP contribution >= 0.6 is 23.2 Å². The van der Waals surface area contributed by atoms with Gasteiger partial charge in [0.25, 0.3) is 0 Å². The fraction of sp³-hybridized carbons (Fsp3) is 0.0769. The molecule has 0 saturated heterocycles. The molecule has 20 heavy (non-hydrogen) atoms. The van der Waals surface area contributed by atoms with E-state index in [2.05, 4.69) is 5.32 Å². The van der Waals surface area contributed by atoms with Gasteiger partial charge in [-0.25, -0.2) is 0 Å². The van der Waals surface area contributed by atoms with Gasteiger partial charge in [-0.05, 0) is 35.9 Å². The van der Waals surface area contributed by atoms with Crippen LogP contribution in [-0.4, -0.2) is 4.92 Å². The molecule has 0 fully saturated rings. The molecule has 1 N–H and O–H groups in total. The van der Waals surface area contributed by atoms with E-state index in [9.17, 15) is 14.5 Å². The fourth-order valence-electron chi connectivity index (χ4n) is 1.64. The van der Waals surface area contributed by atoms with E-state index in [1.165, 1.54) is 6.07 Å². The quantitative estimate of drug-likeness (QED) is 0.660. The van der Waals surface area contributed by atoms with Crippen LogP contribution in [0, 0.1) is 15.9 Å². The molecule has 104 valence electrons. The molecule has 0 heterocycles. The summed E-state index contributed by atoms with van der Waals surface area (Å²) in [6.07, 6.45) is 0. The van der Waals surface area contributed by atoms with E-state index >= 15 is 0 Å². The monoisotopic (exact) mass is 314 g/mol. The van der Waals surface area contributed by atoms with Crippen LogP contribution in [0.1, 0.15) is 5.56 Å². The summed E-state index contributed by atoms with van der Waals surface area (Å²) in [4.78, 5) is 9.88. The van der Waals surface area contributed by atoms with Crippen molar-refractivity contribution < 1.29 is 9.31 Å². The Morgan fingerprint density at radius 2 is 1.95 bits per heavy atom. The standard InChI is InChI=1S/C13H9Cl2FN2O2/c14-9-1-3-11(15)8(5-9)7-17-10-2-4-12(16)13(6-10)18(19)20/h1-6,17H,7H2. The van der Waals surface area contributed by atoms with Gasteiger partial charge >= 0.3 is 5.69 Å². The van der Waals surface area contributed by atoms with Gasteiger partial charge in [0.1, 0.15) is 0 Å². The molecule has 0 aliphatic heterocycles. The second kappa shape index (κ2) is 6.07. The molecule has 7 heteroatoms. The van der Waals surface area contributed by atoms with Gasteiger partial charge in [-0.2, -0.15) is 4.39 Å². The molecule has 0 radical (unpaired) electrons. The van der Waals surface area contributed by atoms with Crippen molar-refractivity contribution in [3.8, 4) is 0 Å². The van der Waals surface area contributed by atoms with Crippen molar-refractivity contribution in [2.75, 3.05) is 5.32 Å². The van der Waals surface area contributed by atoms with E-state index in [0.29, 0.717) is 22.3 Å². The molecule has 2 rings (SSSR count). The lowest BCUT2D eigenvalue weighted by molar-refractivity contribution is -0.387. The summed E-state index contributed by atoms with van der Waals surface area (Å²) in [5, 5.41) is 14.6. The van der Waals surface area contributed by atoms with Crippen molar-refractivity contribution in [1.82, 2.24) is 0 Å². The summed E-state index contributed by atoms with van der Waals surface area (Å²) >= 11 is 11.9. The molecule has 0 saturated carbocycles. The van der Waals surface area contributed by atoms with Gasteiger partial charge in [-0.1, -0.05) is 23.2 Å². The second-order valence-corrected chi connectivity index (χ2v) is 4.86. The maximum atomic E-state index is 13.2. The first-order valence-corrected chi connectivity index (χ1v) is 6.34. The highest BCUT2D eigenvalue weighted by Crippen LogP contribution is 2.24. The minimum atomic E-state index is -0.874. The normalized spacial score (nSPS) is 10.3. The van der Waals surface area contributed by atoms with Crippen LogP contribution in [0.2, 0.25) is 10.0 Å². The van der Waals surface area contributed by atoms with Crippen molar-refractivity contribution in [1.29, 1.82) is 0 Å². The highest BCUT2D eigenvalue weighted by molar-refractivity contribution is 6.33. The van der Waals surface area contributed by atoms with Crippen molar-refractivity contribution in [2.24, 2.45) is 0 Å². The lowest BCUT2D eigenvalue weighted by Gasteiger charge is -2.08. The Morgan fingerprint density at radius 3 is 2.65 bits per heavy atom. The zero-order chi connectivity index (χ0) is 14.7. The third-order valence-electron chi connectivity index (χ3n) is 2.63. The zero-order valence-electron chi connectivity index (χ0n) is 10.1. The van der Waals surface area contributed by atoms with Crippen LogP contribution < -0.4 is 5.32 Å². The van der Waals surface area contributed by atoms with Gasteiger partial charge < -0.3 is 5.32 Å². The van der Waals surface area contributed by atoms with E-state index in [1.807, 2.05) is 0 Å². The van der Waals surface area contributed by atoms with E-state index in [-0.39, 0.29) is 0 Å². The van der Waals surface area contributed by atoms with E-state index in [1.54, 1.807) is 18.2 Å². The molecule has 4 nitrogen and oxygen atoms in total. The highest BCUT2D eigenvalue weighted by atomic mass is 35.5. The van der Waals surface area contributed by atoms with Crippen molar-refractivity contribution in [3.63, 3.8) is 0 Å².